The van der Waals surface area contributed by atoms with Gasteiger partial charge in [-0.25, -0.2) is 0 Å². The van der Waals surface area contributed by atoms with Gasteiger partial charge in [-0.3, -0.25) is 0 Å². The second-order valence-electron chi connectivity index (χ2n) is 4.63. The summed E-state index contributed by atoms with van der Waals surface area (Å²) in [6, 6.07) is 12.8. The minimum atomic E-state index is 0.799. The summed E-state index contributed by atoms with van der Waals surface area (Å²) < 4.78 is 0. The molecule has 0 radical (unpaired) electrons. The van der Waals surface area contributed by atoms with Gasteiger partial charge < -0.3 is 5.32 Å². The molecule has 0 saturated carbocycles. The molecule has 2 aromatic carbocycles. The largest absolute Gasteiger partial charge is 0.316 e. The predicted octanol–water partition coefficient (Wildman–Crippen LogP) is 4.83. The van der Waals surface area contributed by atoms with Gasteiger partial charge in [0.15, 0.2) is 0 Å². The van der Waals surface area contributed by atoms with Crippen LogP contribution in [0.4, 0.5) is 0 Å². The predicted molar refractivity (Wildman–Crippen MR) is 84.3 cm³/mol. The lowest BCUT2D eigenvalue weighted by Crippen LogP contribution is -2.05. The molecule has 0 fully saturated rings. The Morgan fingerprint density at radius 3 is 2.32 bits per heavy atom. The second-order valence-corrected chi connectivity index (χ2v) is 6.19. The fourth-order valence-corrected chi connectivity index (χ4v) is 3.11. The Morgan fingerprint density at radius 1 is 1.00 bits per heavy atom. The number of hydrogen-bond donors (Lipinski definition) is 1. The summed E-state index contributed by atoms with van der Waals surface area (Å²) in [7, 11) is 1.92. The van der Waals surface area contributed by atoms with E-state index in [9.17, 15) is 0 Å². The quantitative estimate of drug-likeness (QED) is 0.866. The van der Waals surface area contributed by atoms with Crippen molar-refractivity contribution in [1.82, 2.24) is 5.32 Å². The Balaban J connectivity index is 2.19. The van der Waals surface area contributed by atoms with E-state index in [-0.39, 0.29) is 0 Å². The highest BCUT2D eigenvalue weighted by Crippen LogP contribution is 2.31. The van der Waals surface area contributed by atoms with Crippen LogP contribution in [0.5, 0.6) is 0 Å². The topological polar surface area (TPSA) is 12.0 Å². The summed E-state index contributed by atoms with van der Waals surface area (Å²) in [4.78, 5) is 2.42. The maximum atomic E-state index is 6.28. The van der Waals surface area contributed by atoms with Crippen LogP contribution in [0.1, 0.15) is 16.7 Å². The third-order valence-electron chi connectivity index (χ3n) is 3.11. The van der Waals surface area contributed by atoms with Crippen molar-refractivity contribution >= 4 is 23.4 Å². The molecule has 0 aliphatic rings. The smallest absolute Gasteiger partial charge is 0.0462 e. The highest BCUT2D eigenvalue weighted by atomic mass is 35.5. The van der Waals surface area contributed by atoms with Crippen molar-refractivity contribution in [2.24, 2.45) is 0 Å². The zero-order valence-corrected chi connectivity index (χ0v) is 13.0. The van der Waals surface area contributed by atoms with Crippen LogP contribution in [-0.2, 0) is 6.54 Å². The molecule has 3 heteroatoms. The van der Waals surface area contributed by atoms with E-state index < -0.39 is 0 Å². The number of rotatable bonds is 4. The van der Waals surface area contributed by atoms with Gasteiger partial charge in [-0.15, -0.1) is 0 Å². The van der Waals surface area contributed by atoms with E-state index in [1.807, 2.05) is 13.1 Å². The first-order valence-electron chi connectivity index (χ1n) is 6.28. The maximum absolute atomic E-state index is 6.28. The summed E-state index contributed by atoms with van der Waals surface area (Å²) in [5, 5.41) is 3.94. The second kappa shape index (κ2) is 6.47. The molecule has 0 aromatic heterocycles. The van der Waals surface area contributed by atoms with Crippen LogP contribution in [0.3, 0.4) is 0 Å². The fraction of sp³-hybridized carbons (Fsp3) is 0.250. The van der Waals surface area contributed by atoms with E-state index in [1.54, 1.807) is 11.8 Å². The Kier molecular flexibility index (Phi) is 4.92. The third-order valence-corrected chi connectivity index (χ3v) is 4.44. The Bertz CT molecular complexity index is 581. The molecule has 0 aliphatic heterocycles. The van der Waals surface area contributed by atoms with Crippen LogP contribution in [0.2, 0.25) is 5.02 Å². The lowest BCUT2D eigenvalue weighted by atomic mass is 10.1. The number of nitrogens with one attached hydrogen (secondary N) is 1. The number of benzene rings is 2. The standard InChI is InChI=1S/C16H18ClNS/c1-11-4-6-14(8-12(11)2)19-15-7-5-13(10-18-3)16(17)9-15/h4-9,18H,10H2,1-3H3. The molecule has 0 saturated heterocycles. The van der Waals surface area contributed by atoms with E-state index in [4.69, 9.17) is 11.6 Å². The van der Waals surface area contributed by atoms with Crippen LogP contribution >= 0.6 is 23.4 Å². The van der Waals surface area contributed by atoms with Gasteiger partial charge in [0.1, 0.15) is 0 Å². The Hall–Kier alpha value is -0.960. The van der Waals surface area contributed by atoms with Crippen molar-refractivity contribution in [3.8, 4) is 0 Å². The van der Waals surface area contributed by atoms with Crippen molar-refractivity contribution in [3.05, 3.63) is 58.1 Å². The summed E-state index contributed by atoms with van der Waals surface area (Å²) in [6.45, 7) is 5.07. The average molecular weight is 292 g/mol. The molecule has 2 rings (SSSR count). The number of aryl methyl sites for hydroxylation is 2. The van der Waals surface area contributed by atoms with Gasteiger partial charge in [-0.05, 0) is 61.9 Å². The normalized spacial score (nSPS) is 10.7. The monoisotopic (exact) mass is 291 g/mol. The van der Waals surface area contributed by atoms with E-state index in [0.717, 1.165) is 17.1 Å². The average Bonchev–Trinajstić information content (AvgIpc) is 2.37. The molecule has 0 bridgehead atoms. The molecular formula is C16H18ClNS. The summed E-state index contributed by atoms with van der Waals surface area (Å²) in [5.74, 6) is 0. The molecule has 100 valence electrons. The molecule has 0 spiro atoms. The van der Waals surface area contributed by atoms with Crippen molar-refractivity contribution in [2.45, 2.75) is 30.2 Å². The minimum absolute atomic E-state index is 0.799. The van der Waals surface area contributed by atoms with Gasteiger partial charge in [0.2, 0.25) is 0 Å². The lowest BCUT2D eigenvalue weighted by Gasteiger charge is -2.08. The van der Waals surface area contributed by atoms with Crippen molar-refractivity contribution in [3.63, 3.8) is 0 Å². The first-order valence-corrected chi connectivity index (χ1v) is 7.47. The van der Waals surface area contributed by atoms with E-state index in [2.05, 4.69) is 49.5 Å². The summed E-state index contributed by atoms with van der Waals surface area (Å²) >= 11 is 8.02. The van der Waals surface area contributed by atoms with Gasteiger partial charge in [-0.1, -0.05) is 35.5 Å². The van der Waals surface area contributed by atoms with Crippen LogP contribution in [0, 0.1) is 13.8 Å². The zero-order chi connectivity index (χ0) is 13.8. The van der Waals surface area contributed by atoms with Gasteiger partial charge >= 0.3 is 0 Å². The molecule has 0 amide bonds. The molecule has 0 heterocycles. The molecule has 0 atom stereocenters. The van der Waals surface area contributed by atoms with Crippen molar-refractivity contribution in [2.75, 3.05) is 7.05 Å². The molecule has 0 unspecified atom stereocenters. The zero-order valence-electron chi connectivity index (χ0n) is 11.5. The minimum Gasteiger partial charge on any atom is -0.316 e. The molecular weight excluding hydrogens is 274 g/mol. The number of hydrogen-bond acceptors (Lipinski definition) is 2. The number of halogens is 1. The van der Waals surface area contributed by atoms with Crippen LogP contribution in [0.15, 0.2) is 46.2 Å². The third kappa shape index (κ3) is 3.75. The van der Waals surface area contributed by atoms with Crippen molar-refractivity contribution in [1.29, 1.82) is 0 Å². The van der Waals surface area contributed by atoms with E-state index >= 15 is 0 Å². The molecule has 2 aromatic rings. The fourth-order valence-electron chi connectivity index (χ4n) is 1.84. The van der Waals surface area contributed by atoms with Gasteiger partial charge in [0, 0.05) is 21.4 Å². The molecule has 1 nitrogen and oxygen atoms in total. The molecule has 0 aliphatic carbocycles. The lowest BCUT2D eigenvalue weighted by molar-refractivity contribution is 0.817. The maximum Gasteiger partial charge on any atom is 0.0462 e. The van der Waals surface area contributed by atoms with Gasteiger partial charge in [0.25, 0.3) is 0 Å². The Labute approximate surface area is 124 Å². The van der Waals surface area contributed by atoms with Gasteiger partial charge in [0.05, 0.1) is 0 Å². The highest BCUT2D eigenvalue weighted by molar-refractivity contribution is 7.99. The first-order chi connectivity index (χ1) is 9.10. The van der Waals surface area contributed by atoms with E-state index in [1.165, 1.54) is 20.9 Å². The van der Waals surface area contributed by atoms with E-state index in [0.29, 0.717) is 0 Å². The first kappa shape index (κ1) is 14.4. The van der Waals surface area contributed by atoms with Crippen LogP contribution in [0.25, 0.3) is 0 Å². The van der Waals surface area contributed by atoms with Gasteiger partial charge in [-0.2, -0.15) is 0 Å². The Morgan fingerprint density at radius 2 is 1.68 bits per heavy atom. The SMILES string of the molecule is CNCc1ccc(Sc2ccc(C)c(C)c2)cc1Cl. The highest BCUT2D eigenvalue weighted by Gasteiger charge is 2.04. The van der Waals surface area contributed by atoms with Crippen molar-refractivity contribution < 1.29 is 0 Å². The molecule has 1 N–H and O–H groups in total. The summed E-state index contributed by atoms with van der Waals surface area (Å²) in [5.41, 5.74) is 3.78. The van der Waals surface area contributed by atoms with Crippen LogP contribution < -0.4 is 5.32 Å². The summed E-state index contributed by atoms with van der Waals surface area (Å²) in [6.07, 6.45) is 0. The van der Waals surface area contributed by atoms with Crippen LogP contribution in [-0.4, -0.2) is 7.05 Å². The molecule has 19 heavy (non-hydrogen) atoms.